The van der Waals surface area contributed by atoms with Gasteiger partial charge in [-0.15, -0.1) is 0 Å². The maximum Gasteiger partial charge on any atom is 0.109 e. The van der Waals surface area contributed by atoms with Crippen molar-refractivity contribution >= 4 is 0 Å². The fraction of sp³-hybridized carbons (Fsp3) is 0.938. The molecule has 0 aromatic carbocycles. The fourth-order valence-electron chi connectivity index (χ4n) is 4.85. The molecule has 106 valence electrons. The molecule has 4 unspecified atom stereocenters. The van der Waals surface area contributed by atoms with Gasteiger partial charge in [-0.3, -0.25) is 0 Å². The van der Waals surface area contributed by atoms with Crippen molar-refractivity contribution in [1.82, 2.24) is 10.2 Å². The Morgan fingerprint density at radius 1 is 1.21 bits per heavy atom. The number of likely N-dealkylation sites (tertiary alicyclic amines) is 1. The summed E-state index contributed by atoms with van der Waals surface area (Å²) in [5.74, 6) is 2.55. The molecule has 3 heteroatoms. The van der Waals surface area contributed by atoms with Crippen molar-refractivity contribution in [3.63, 3.8) is 0 Å². The van der Waals surface area contributed by atoms with Crippen LogP contribution in [0.4, 0.5) is 0 Å². The molecule has 2 saturated carbocycles. The third-order valence-corrected chi connectivity index (χ3v) is 6.06. The summed E-state index contributed by atoms with van der Waals surface area (Å²) in [7, 11) is 1.96. The maximum atomic E-state index is 9.48. The van der Waals surface area contributed by atoms with Crippen LogP contribution >= 0.6 is 0 Å². The standard InChI is InChI=1S/C16H27N3/c1-18-16(12-17)8-3-6-15(16)7-9-19-10-13-4-2-5-14(13)11-19/h13-15,18H,2-11H2,1H3. The molecule has 0 aromatic rings. The molecule has 1 heterocycles. The molecule has 4 atom stereocenters. The SMILES string of the molecule is CNC1(C#N)CCCC1CCN1CC2CCCC2C1. The van der Waals surface area contributed by atoms with Crippen LogP contribution in [0, 0.1) is 29.1 Å². The Morgan fingerprint density at radius 3 is 2.58 bits per heavy atom. The quantitative estimate of drug-likeness (QED) is 0.844. The van der Waals surface area contributed by atoms with Crippen LogP contribution in [0.5, 0.6) is 0 Å². The van der Waals surface area contributed by atoms with Crippen LogP contribution < -0.4 is 5.32 Å². The van der Waals surface area contributed by atoms with Gasteiger partial charge in [0.25, 0.3) is 0 Å². The second kappa shape index (κ2) is 5.42. The zero-order valence-electron chi connectivity index (χ0n) is 12.2. The first kappa shape index (κ1) is 13.4. The number of fused-ring (bicyclic) bond motifs is 1. The normalized spacial score (nSPS) is 42.4. The Labute approximate surface area is 117 Å². The van der Waals surface area contributed by atoms with E-state index in [9.17, 15) is 5.26 Å². The number of rotatable bonds is 4. The molecule has 19 heavy (non-hydrogen) atoms. The van der Waals surface area contributed by atoms with Gasteiger partial charge in [-0.1, -0.05) is 12.8 Å². The zero-order chi connectivity index (χ0) is 13.3. The summed E-state index contributed by atoms with van der Waals surface area (Å²) < 4.78 is 0. The third-order valence-electron chi connectivity index (χ3n) is 6.06. The van der Waals surface area contributed by atoms with E-state index in [-0.39, 0.29) is 5.54 Å². The predicted octanol–water partition coefficient (Wildman–Crippen LogP) is 2.39. The van der Waals surface area contributed by atoms with Crippen LogP contribution in [0.25, 0.3) is 0 Å². The lowest BCUT2D eigenvalue weighted by molar-refractivity contribution is 0.247. The molecule has 0 spiro atoms. The van der Waals surface area contributed by atoms with E-state index in [2.05, 4.69) is 16.3 Å². The molecule has 1 N–H and O–H groups in total. The number of nitrogens with zero attached hydrogens (tertiary/aromatic N) is 2. The molecule has 0 bridgehead atoms. The van der Waals surface area contributed by atoms with Crippen molar-refractivity contribution in [2.75, 3.05) is 26.7 Å². The highest BCUT2D eigenvalue weighted by Gasteiger charge is 2.42. The Hall–Kier alpha value is -0.590. The average Bonchev–Trinajstić information content (AvgIpc) is 3.10. The van der Waals surface area contributed by atoms with Gasteiger partial charge < -0.3 is 10.2 Å². The predicted molar refractivity (Wildman–Crippen MR) is 76.6 cm³/mol. The lowest BCUT2D eigenvalue weighted by atomic mass is 9.86. The van der Waals surface area contributed by atoms with Gasteiger partial charge >= 0.3 is 0 Å². The topological polar surface area (TPSA) is 39.1 Å². The largest absolute Gasteiger partial charge is 0.303 e. The summed E-state index contributed by atoms with van der Waals surface area (Å²) in [6, 6.07) is 2.56. The molecule has 1 aliphatic heterocycles. The van der Waals surface area contributed by atoms with Crippen molar-refractivity contribution < 1.29 is 0 Å². The number of nitrogens with one attached hydrogen (secondary N) is 1. The lowest BCUT2D eigenvalue weighted by Crippen LogP contribution is -2.45. The first-order chi connectivity index (χ1) is 9.27. The molecule has 3 nitrogen and oxygen atoms in total. The molecule has 0 aromatic heterocycles. The van der Waals surface area contributed by atoms with Crippen LogP contribution in [-0.4, -0.2) is 37.1 Å². The molecule has 3 fully saturated rings. The first-order valence-corrected chi connectivity index (χ1v) is 8.10. The van der Waals surface area contributed by atoms with E-state index in [1.165, 1.54) is 58.2 Å². The van der Waals surface area contributed by atoms with E-state index in [4.69, 9.17) is 0 Å². The van der Waals surface area contributed by atoms with E-state index in [0.717, 1.165) is 18.3 Å². The van der Waals surface area contributed by atoms with Gasteiger partial charge in [0.05, 0.1) is 6.07 Å². The van der Waals surface area contributed by atoms with Gasteiger partial charge in [-0.2, -0.15) is 5.26 Å². The smallest absolute Gasteiger partial charge is 0.109 e. The summed E-state index contributed by atoms with van der Waals surface area (Å²) in [5.41, 5.74) is -0.227. The first-order valence-electron chi connectivity index (χ1n) is 8.10. The minimum Gasteiger partial charge on any atom is -0.303 e. The molecule has 3 rings (SSSR count). The molecule has 0 radical (unpaired) electrons. The highest BCUT2D eigenvalue weighted by molar-refractivity contribution is 5.13. The third kappa shape index (κ3) is 2.41. The summed E-state index contributed by atoms with van der Waals surface area (Å²) in [5, 5.41) is 12.8. The van der Waals surface area contributed by atoms with Gasteiger partial charge in [-0.05, 0) is 63.5 Å². The lowest BCUT2D eigenvalue weighted by Gasteiger charge is -2.29. The molecule has 3 aliphatic rings. The van der Waals surface area contributed by atoms with Crippen LogP contribution in [0.15, 0.2) is 0 Å². The summed E-state index contributed by atoms with van der Waals surface area (Å²) >= 11 is 0. The Bertz CT molecular complexity index is 349. The Kier molecular flexibility index (Phi) is 3.82. The summed E-state index contributed by atoms with van der Waals surface area (Å²) in [4.78, 5) is 2.67. The second-order valence-electron chi connectivity index (χ2n) is 6.92. The van der Waals surface area contributed by atoms with Crippen LogP contribution in [0.1, 0.15) is 44.9 Å². The number of nitriles is 1. The Morgan fingerprint density at radius 2 is 1.95 bits per heavy atom. The minimum atomic E-state index is -0.227. The van der Waals surface area contributed by atoms with E-state index in [1.54, 1.807) is 0 Å². The van der Waals surface area contributed by atoms with Gasteiger partial charge in [-0.25, -0.2) is 0 Å². The van der Waals surface area contributed by atoms with Crippen LogP contribution in [0.2, 0.25) is 0 Å². The number of hydrogen-bond acceptors (Lipinski definition) is 3. The van der Waals surface area contributed by atoms with Gasteiger partial charge in [0.15, 0.2) is 0 Å². The fourth-order valence-corrected chi connectivity index (χ4v) is 4.85. The molecular weight excluding hydrogens is 234 g/mol. The highest BCUT2D eigenvalue weighted by atomic mass is 15.2. The molecule has 1 saturated heterocycles. The zero-order valence-corrected chi connectivity index (χ0v) is 12.2. The monoisotopic (exact) mass is 261 g/mol. The van der Waals surface area contributed by atoms with E-state index < -0.39 is 0 Å². The summed E-state index contributed by atoms with van der Waals surface area (Å²) in [6.07, 6.45) is 9.07. The molecular formula is C16H27N3. The molecule has 0 amide bonds. The Balaban J connectivity index is 1.51. The minimum absolute atomic E-state index is 0.227. The van der Waals surface area contributed by atoms with Crippen molar-refractivity contribution in [3.8, 4) is 6.07 Å². The van der Waals surface area contributed by atoms with Crippen molar-refractivity contribution in [1.29, 1.82) is 5.26 Å². The van der Waals surface area contributed by atoms with Gasteiger partial charge in [0.1, 0.15) is 5.54 Å². The number of hydrogen-bond donors (Lipinski definition) is 1. The summed E-state index contributed by atoms with van der Waals surface area (Å²) in [6.45, 7) is 3.87. The second-order valence-corrected chi connectivity index (χ2v) is 6.92. The molecule has 2 aliphatic carbocycles. The van der Waals surface area contributed by atoms with Gasteiger partial charge in [0.2, 0.25) is 0 Å². The van der Waals surface area contributed by atoms with E-state index in [0.29, 0.717) is 5.92 Å². The van der Waals surface area contributed by atoms with E-state index in [1.807, 2.05) is 7.05 Å². The highest BCUT2D eigenvalue weighted by Crippen LogP contribution is 2.40. The maximum absolute atomic E-state index is 9.48. The average molecular weight is 261 g/mol. The van der Waals surface area contributed by atoms with Crippen LogP contribution in [-0.2, 0) is 0 Å². The van der Waals surface area contributed by atoms with Crippen LogP contribution in [0.3, 0.4) is 0 Å². The van der Waals surface area contributed by atoms with Crippen molar-refractivity contribution in [2.24, 2.45) is 17.8 Å². The van der Waals surface area contributed by atoms with Crippen molar-refractivity contribution in [2.45, 2.75) is 50.5 Å². The van der Waals surface area contributed by atoms with Gasteiger partial charge in [0, 0.05) is 13.1 Å². The van der Waals surface area contributed by atoms with Crippen molar-refractivity contribution in [3.05, 3.63) is 0 Å². The van der Waals surface area contributed by atoms with E-state index >= 15 is 0 Å².